The zero-order chi connectivity index (χ0) is 13.8. The van der Waals surface area contributed by atoms with Crippen LogP contribution in [0.3, 0.4) is 0 Å². The lowest BCUT2D eigenvalue weighted by atomic mass is 10.1. The summed E-state index contributed by atoms with van der Waals surface area (Å²) in [5.41, 5.74) is 2.32. The Balaban J connectivity index is 2.16. The van der Waals surface area contributed by atoms with E-state index in [1.807, 2.05) is 12.1 Å². The highest BCUT2D eigenvalue weighted by Crippen LogP contribution is 2.26. The Morgan fingerprint density at radius 1 is 1.42 bits per heavy atom. The van der Waals surface area contributed by atoms with Gasteiger partial charge in [0.15, 0.2) is 0 Å². The number of aryl methyl sites for hydroxylation is 1. The number of hydrogen-bond donors (Lipinski definition) is 0. The maximum atomic E-state index is 11.7. The fourth-order valence-electron chi connectivity index (χ4n) is 2.67. The van der Waals surface area contributed by atoms with Crippen molar-refractivity contribution in [3.8, 4) is 5.75 Å². The second-order valence-electron chi connectivity index (χ2n) is 4.97. The minimum atomic E-state index is -0.135. The average Bonchev–Trinajstić information content (AvgIpc) is 2.86. The molecule has 0 amide bonds. The number of ether oxygens (including phenoxy) is 2. The Morgan fingerprint density at radius 3 is 2.89 bits per heavy atom. The number of likely N-dealkylation sites (tertiary alicyclic amines) is 1. The SMILES string of the molecule is COC(=O)C1CCCN1Cc1cc(C)ccc1OC. The van der Waals surface area contributed by atoms with Crippen LogP contribution in [0.1, 0.15) is 24.0 Å². The summed E-state index contributed by atoms with van der Waals surface area (Å²) in [5.74, 6) is 0.741. The van der Waals surface area contributed by atoms with Gasteiger partial charge in [-0.2, -0.15) is 0 Å². The molecular formula is C15H21NO3. The van der Waals surface area contributed by atoms with Gasteiger partial charge in [0.25, 0.3) is 0 Å². The van der Waals surface area contributed by atoms with Crippen molar-refractivity contribution in [2.45, 2.75) is 32.4 Å². The highest BCUT2D eigenvalue weighted by Gasteiger charge is 2.31. The number of carbonyl (C=O) groups is 1. The van der Waals surface area contributed by atoms with Crippen LogP contribution in [0.2, 0.25) is 0 Å². The third-order valence-electron chi connectivity index (χ3n) is 3.65. The second-order valence-corrected chi connectivity index (χ2v) is 4.97. The van der Waals surface area contributed by atoms with Crippen molar-refractivity contribution in [1.82, 2.24) is 4.90 Å². The molecule has 0 aromatic heterocycles. The van der Waals surface area contributed by atoms with Crippen LogP contribution in [-0.4, -0.2) is 37.7 Å². The molecule has 1 saturated heterocycles. The van der Waals surface area contributed by atoms with E-state index in [9.17, 15) is 4.79 Å². The minimum Gasteiger partial charge on any atom is -0.496 e. The Kier molecular flexibility index (Phi) is 4.43. The van der Waals surface area contributed by atoms with Crippen molar-refractivity contribution in [3.63, 3.8) is 0 Å². The molecule has 2 rings (SSSR count). The van der Waals surface area contributed by atoms with E-state index in [0.717, 1.165) is 37.2 Å². The molecular weight excluding hydrogens is 242 g/mol. The maximum Gasteiger partial charge on any atom is 0.323 e. The van der Waals surface area contributed by atoms with Gasteiger partial charge in [-0.25, -0.2) is 0 Å². The Hall–Kier alpha value is -1.55. The molecule has 0 aliphatic carbocycles. The summed E-state index contributed by atoms with van der Waals surface area (Å²) in [6, 6.07) is 6.01. The normalized spacial score (nSPS) is 19.4. The van der Waals surface area contributed by atoms with Crippen molar-refractivity contribution >= 4 is 5.97 Å². The van der Waals surface area contributed by atoms with E-state index in [4.69, 9.17) is 9.47 Å². The number of carbonyl (C=O) groups excluding carboxylic acids is 1. The van der Waals surface area contributed by atoms with Crippen molar-refractivity contribution in [2.75, 3.05) is 20.8 Å². The van der Waals surface area contributed by atoms with Gasteiger partial charge in [0.1, 0.15) is 11.8 Å². The monoisotopic (exact) mass is 263 g/mol. The van der Waals surface area contributed by atoms with E-state index in [1.54, 1.807) is 7.11 Å². The lowest BCUT2D eigenvalue weighted by Crippen LogP contribution is -2.36. The quantitative estimate of drug-likeness (QED) is 0.780. The summed E-state index contributed by atoms with van der Waals surface area (Å²) in [5, 5.41) is 0. The molecule has 0 spiro atoms. The van der Waals surface area contributed by atoms with E-state index in [-0.39, 0.29) is 12.0 Å². The molecule has 0 N–H and O–H groups in total. The van der Waals surface area contributed by atoms with Crippen LogP contribution in [0.25, 0.3) is 0 Å². The van der Waals surface area contributed by atoms with Crippen molar-refractivity contribution in [1.29, 1.82) is 0 Å². The smallest absolute Gasteiger partial charge is 0.323 e. The number of rotatable bonds is 4. The van der Waals surface area contributed by atoms with E-state index in [0.29, 0.717) is 0 Å². The first-order valence-electron chi connectivity index (χ1n) is 6.61. The number of nitrogens with zero attached hydrogens (tertiary/aromatic N) is 1. The summed E-state index contributed by atoms with van der Waals surface area (Å²) < 4.78 is 10.3. The van der Waals surface area contributed by atoms with Gasteiger partial charge in [-0.15, -0.1) is 0 Å². The molecule has 1 atom stereocenters. The average molecular weight is 263 g/mol. The molecule has 19 heavy (non-hydrogen) atoms. The minimum absolute atomic E-state index is 0.116. The van der Waals surface area contributed by atoms with Gasteiger partial charge in [0.05, 0.1) is 14.2 Å². The number of esters is 1. The van der Waals surface area contributed by atoms with Crippen molar-refractivity contribution in [3.05, 3.63) is 29.3 Å². The first-order chi connectivity index (χ1) is 9.15. The molecule has 4 nitrogen and oxygen atoms in total. The predicted molar refractivity (Wildman–Crippen MR) is 73.2 cm³/mol. The van der Waals surface area contributed by atoms with Gasteiger partial charge < -0.3 is 9.47 Å². The molecule has 1 aromatic rings. The fraction of sp³-hybridized carbons (Fsp3) is 0.533. The lowest BCUT2D eigenvalue weighted by Gasteiger charge is -2.23. The highest BCUT2D eigenvalue weighted by atomic mass is 16.5. The molecule has 0 radical (unpaired) electrons. The van der Waals surface area contributed by atoms with Gasteiger partial charge in [-0.05, 0) is 32.4 Å². The summed E-state index contributed by atoms with van der Waals surface area (Å²) in [4.78, 5) is 13.9. The number of benzene rings is 1. The van der Waals surface area contributed by atoms with Gasteiger partial charge in [-0.1, -0.05) is 17.7 Å². The summed E-state index contributed by atoms with van der Waals surface area (Å²) >= 11 is 0. The third kappa shape index (κ3) is 3.07. The summed E-state index contributed by atoms with van der Waals surface area (Å²) in [6.45, 7) is 3.71. The second kappa shape index (κ2) is 6.06. The van der Waals surface area contributed by atoms with Crippen molar-refractivity contribution in [2.24, 2.45) is 0 Å². The molecule has 4 heteroatoms. The molecule has 0 saturated carbocycles. The predicted octanol–water partition coefficient (Wildman–Crippen LogP) is 2.14. The van der Waals surface area contributed by atoms with Crippen LogP contribution in [0.15, 0.2) is 18.2 Å². The maximum absolute atomic E-state index is 11.7. The van der Waals surface area contributed by atoms with Gasteiger partial charge in [-0.3, -0.25) is 9.69 Å². The van der Waals surface area contributed by atoms with Crippen LogP contribution >= 0.6 is 0 Å². The first kappa shape index (κ1) is 13.9. The molecule has 1 aromatic carbocycles. The van der Waals surface area contributed by atoms with Gasteiger partial charge >= 0.3 is 5.97 Å². The zero-order valence-corrected chi connectivity index (χ0v) is 11.8. The van der Waals surface area contributed by atoms with Crippen LogP contribution in [-0.2, 0) is 16.1 Å². The lowest BCUT2D eigenvalue weighted by molar-refractivity contribution is -0.146. The van der Waals surface area contributed by atoms with Gasteiger partial charge in [0.2, 0.25) is 0 Å². The standard InChI is InChI=1S/C15H21NO3/c1-11-6-7-14(18-2)12(9-11)10-16-8-4-5-13(16)15(17)19-3/h6-7,9,13H,4-5,8,10H2,1-3H3. The molecule has 104 valence electrons. The van der Waals surface area contributed by atoms with Crippen LogP contribution in [0.4, 0.5) is 0 Å². The van der Waals surface area contributed by atoms with Gasteiger partial charge in [0, 0.05) is 12.1 Å². The zero-order valence-electron chi connectivity index (χ0n) is 11.8. The number of hydrogen-bond acceptors (Lipinski definition) is 4. The molecule has 0 bridgehead atoms. The van der Waals surface area contributed by atoms with Crippen LogP contribution in [0.5, 0.6) is 5.75 Å². The summed E-state index contributed by atoms with van der Waals surface area (Å²) in [6.07, 6.45) is 1.91. The molecule has 1 aliphatic heterocycles. The Labute approximate surface area is 114 Å². The van der Waals surface area contributed by atoms with E-state index < -0.39 is 0 Å². The molecule has 1 heterocycles. The van der Waals surface area contributed by atoms with Crippen LogP contribution in [0, 0.1) is 6.92 Å². The topological polar surface area (TPSA) is 38.8 Å². The summed E-state index contributed by atoms with van der Waals surface area (Å²) in [7, 11) is 3.13. The van der Waals surface area contributed by atoms with E-state index >= 15 is 0 Å². The largest absolute Gasteiger partial charge is 0.496 e. The van der Waals surface area contributed by atoms with E-state index in [1.165, 1.54) is 12.7 Å². The van der Waals surface area contributed by atoms with E-state index in [2.05, 4.69) is 17.9 Å². The first-order valence-corrected chi connectivity index (χ1v) is 6.61. The third-order valence-corrected chi connectivity index (χ3v) is 3.65. The highest BCUT2D eigenvalue weighted by molar-refractivity contribution is 5.76. The molecule has 1 fully saturated rings. The van der Waals surface area contributed by atoms with Crippen molar-refractivity contribution < 1.29 is 14.3 Å². The Bertz CT molecular complexity index is 459. The Morgan fingerprint density at radius 2 is 2.21 bits per heavy atom. The number of methoxy groups -OCH3 is 2. The molecule has 1 unspecified atom stereocenters. The fourth-order valence-corrected chi connectivity index (χ4v) is 2.67. The molecule has 1 aliphatic rings. The van der Waals surface area contributed by atoms with Crippen LogP contribution < -0.4 is 4.74 Å².